The summed E-state index contributed by atoms with van der Waals surface area (Å²) in [5.74, 6) is 1.41. The van der Waals surface area contributed by atoms with E-state index in [1.807, 2.05) is 0 Å². The highest BCUT2D eigenvalue weighted by atomic mass is 16.5. The van der Waals surface area contributed by atoms with Gasteiger partial charge in [0.05, 0.1) is 33.0 Å². The van der Waals surface area contributed by atoms with Crippen LogP contribution in [0.25, 0.3) is 22.3 Å². The molecule has 0 aliphatic heterocycles. The minimum atomic E-state index is -0.627. The van der Waals surface area contributed by atoms with Crippen LogP contribution in [0, 0.1) is 18.3 Å². The average Bonchev–Trinajstić information content (AvgIpc) is 3.20. The van der Waals surface area contributed by atoms with E-state index in [0.717, 1.165) is 52.3 Å². The van der Waals surface area contributed by atoms with Crippen molar-refractivity contribution in [3.05, 3.63) is 101 Å². The fourth-order valence-electron chi connectivity index (χ4n) is 7.69. The summed E-state index contributed by atoms with van der Waals surface area (Å²) in [6.45, 7) is 17.8. The molecule has 7 nitrogen and oxygen atoms in total. The summed E-state index contributed by atoms with van der Waals surface area (Å²) < 4.78 is 17.5. The topological polar surface area (TPSA) is 102 Å². The predicted molar refractivity (Wildman–Crippen MR) is 227 cm³/mol. The van der Waals surface area contributed by atoms with Gasteiger partial charge in [-0.1, -0.05) is 95.2 Å². The van der Waals surface area contributed by atoms with Gasteiger partial charge in [-0.05, 0) is 141 Å². The summed E-state index contributed by atoms with van der Waals surface area (Å²) in [5.41, 5.74) is 9.18. The van der Waals surface area contributed by atoms with Crippen LogP contribution < -0.4 is 4.74 Å². The molecule has 1 fully saturated rings. The van der Waals surface area contributed by atoms with Crippen molar-refractivity contribution in [1.82, 2.24) is 0 Å². The Hall–Kier alpha value is -4.20. The zero-order valence-corrected chi connectivity index (χ0v) is 34.7. The average molecular weight is 767 g/mol. The molecule has 0 spiro atoms. The molecule has 304 valence electrons. The number of aryl methyl sites for hydroxylation is 3. The molecule has 1 aliphatic rings. The maximum absolute atomic E-state index is 12.2. The number of hydrogen-bond donors (Lipinski definition) is 2. The van der Waals surface area contributed by atoms with E-state index in [4.69, 9.17) is 14.2 Å². The van der Waals surface area contributed by atoms with Gasteiger partial charge >= 0.3 is 11.9 Å². The third-order valence-corrected chi connectivity index (χ3v) is 11.5. The maximum Gasteiger partial charge on any atom is 0.333 e. The molecule has 56 heavy (non-hydrogen) atoms. The first-order valence-electron chi connectivity index (χ1n) is 20.8. The first-order chi connectivity index (χ1) is 26.9. The maximum atomic E-state index is 12.2. The van der Waals surface area contributed by atoms with E-state index in [-0.39, 0.29) is 26.4 Å². The minimum absolute atomic E-state index is 0.118. The van der Waals surface area contributed by atoms with Gasteiger partial charge in [0.2, 0.25) is 0 Å². The van der Waals surface area contributed by atoms with E-state index in [0.29, 0.717) is 62.2 Å². The third kappa shape index (κ3) is 12.7. The SMILES string of the molecule is C=C(C)C(=O)OCCCc1cc(-c2ccc(-c3ccc(C4CCC(C)CC4)cc3)cc2C)cc(CCCOC(=O)C(=C)C)c1OCCC(CO)(CO)CCCC. The molecule has 1 saturated carbocycles. The molecule has 0 unspecified atom stereocenters. The molecule has 0 aromatic heterocycles. The molecule has 0 heterocycles. The van der Waals surface area contributed by atoms with Crippen LogP contribution in [0.4, 0.5) is 0 Å². The smallest absolute Gasteiger partial charge is 0.333 e. The number of rotatable bonds is 22. The zero-order chi connectivity index (χ0) is 40.7. The van der Waals surface area contributed by atoms with E-state index >= 15 is 0 Å². The normalized spacial score (nSPS) is 15.6. The van der Waals surface area contributed by atoms with Gasteiger partial charge in [0.15, 0.2) is 0 Å². The van der Waals surface area contributed by atoms with Crippen LogP contribution in [0.1, 0.15) is 120 Å². The summed E-state index contributed by atoms with van der Waals surface area (Å²) in [7, 11) is 0. The van der Waals surface area contributed by atoms with Crippen molar-refractivity contribution < 1.29 is 34.0 Å². The molecule has 1 aliphatic carbocycles. The Bertz CT molecular complexity index is 1700. The molecule has 0 saturated heterocycles. The number of benzene rings is 3. The van der Waals surface area contributed by atoms with Gasteiger partial charge in [0, 0.05) is 16.6 Å². The van der Waals surface area contributed by atoms with E-state index in [1.165, 1.54) is 42.4 Å². The van der Waals surface area contributed by atoms with E-state index in [2.05, 4.69) is 88.5 Å². The highest BCUT2D eigenvalue weighted by Crippen LogP contribution is 2.39. The number of unbranched alkanes of at least 4 members (excludes halogenated alkanes) is 1. The van der Waals surface area contributed by atoms with Crippen molar-refractivity contribution in [2.24, 2.45) is 11.3 Å². The number of esters is 2. The molecule has 0 amide bonds. The Morgan fingerprint density at radius 2 is 1.29 bits per heavy atom. The summed E-state index contributed by atoms with van der Waals surface area (Å²) in [6, 6.07) is 20.1. The van der Waals surface area contributed by atoms with Gasteiger partial charge in [0.25, 0.3) is 0 Å². The molecular formula is C49H66O7. The number of hydrogen-bond acceptors (Lipinski definition) is 7. The molecule has 3 aromatic rings. The van der Waals surface area contributed by atoms with Gasteiger partial charge in [-0.25, -0.2) is 9.59 Å². The Balaban J connectivity index is 1.67. The second kappa shape index (κ2) is 21.9. The molecular weight excluding hydrogens is 701 g/mol. The quantitative estimate of drug-likeness (QED) is 0.0596. The Labute approximate surface area is 336 Å². The van der Waals surface area contributed by atoms with Gasteiger partial charge < -0.3 is 24.4 Å². The van der Waals surface area contributed by atoms with Crippen LogP contribution in [0.2, 0.25) is 0 Å². The number of aliphatic hydroxyl groups is 2. The number of carbonyl (C=O) groups is 2. The number of carbonyl (C=O) groups excluding carboxylic acids is 2. The van der Waals surface area contributed by atoms with Gasteiger partial charge in [0.1, 0.15) is 5.75 Å². The minimum Gasteiger partial charge on any atom is -0.493 e. The van der Waals surface area contributed by atoms with Crippen molar-refractivity contribution >= 4 is 11.9 Å². The lowest BCUT2D eigenvalue weighted by Crippen LogP contribution is -2.32. The molecule has 0 bridgehead atoms. The van der Waals surface area contributed by atoms with Crippen LogP contribution in [0.5, 0.6) is 5.75 Å². The van der Waals surface area contributed by atoms with E-state index in [9.17, 15) is 19.8 Å². The zero-order valence-electron chi connectivity index (χ0n) is 34.7. The van der Waals surface area contributed by atoms with Crippen molar-refractivity contribution in [2.45, 2.75) is 118 Å². The molecule has 3 aromatic carbocycles. The van der Waals surface area contributed by atoms with Crippen molar-refractivity contribution in [2.75, 3.05) is 33.0 Å². The third-order valence-electron chi connectivity index (χ3n) is 11.5. The van der Waals surface area contributed by atoms with Crippen LogP contribution in [0.15, 0.2) is 78.9 Å². The number of ether oxygens (including phenoxy) is 3. The number of aliphatic hydroxyl groups excluding tert-OH is 2. The lowest BCUT2D eigenvalue weighted by atomic mass is 9.79. The summed E-state index contributed by atoms with van der Waals surface area (Å²) in [5, 5.41) is 20.6. The second-order valence-corrected chi connectivity index (χ2v) is 16.3. The second-order valence-electron chi connectivity index (χ2n) is 16.3. The molecule has 0 atom stereocenters. The molecule has 7 heteroatoms. The Morgan fingerprint density at radius 3 is 1.79 bits per heavy atom. The van der Waals surface area contributed by atoms with Crippen molar-refractivity contribution in [1.29, 1.82) is 0 Å². The van der Waals surface area contributed by atoms with Crippen molar-refractivity contribution in [3.63, 3.8) is 0 Å². The van der Waals surface area contributed by atoms with Crippen LogP contribution in [0.3, 0.4) is 0 Å². The summed E-state index contributed by atoms with van der Waals surface area (Å²) in [6.07, 6.45) is 10.6. The standard InChI is InChI=1S/C49H66O7/c1-8-9-24-49(32-50,33-51)25-28-54-46-42(12-10-26-55-47(52)34(2)3)30-44(31-43(46)13-11-27-56-48(53)35(4)5)45-23-22-41(29-37(45)7)40-20-18-39(19-21-40)38-16-14-36(6)15-17-38/h18-23,29-31,36,38,50-51H,2,4,8-17,24-28,32-33H2,1,3,5-7H3. The van der Waals surface area contributed by atoms with Crippen LogP contribution in [-0.2, 0) is 31.9 Å². The summed E-state index contributed by atoms with van der Waals surface area (Å²) >= 11 is 0. The monoisotopic (exact) mass is 766 g/mol. The fourth-order valence-corrected chi connectivity index (χ4v) is 7.69. The lowest BCUT2D eigenvalue weighted by Gasteiger charge is -2.30. The largest absolute Gasteiger partial charge is 0.493 e. The highest BCUT2D eigenvalue weighted by Gasteiger charge is 2.29. The Morgan fingerprint density at radius 1 is 0.732 bits per heavy atom. The van der Waals surface area contributed by atoms with Gasteiger partial charge in [-0.2, -0.15) is 0 Å². The van der Waals surface area contributed by atoms with E-state index in [1.54, 1.807) is 13.8 Å². The van der Waals surface area contributed by atoms with E-state index < -0.39 is 17.4 Å². The van der Waals surface area contributed by atoms with Gasteiger partial charge in [-0.15, -0.1) is 0 Å². The fraction of sp³-hybridized carbons (Fsp3) is 0.510. The molecule has 0 radical (unpaired) electrons. The molecule has 2 N–H and O–H groups in total. The lowest BCUT2D eigenvalue weighted by molar-refractivity contribution is -0.139. The predicted octanol–water partition coefficient (Wildman–Crippen LogP) is 10.7. The van der Waals surface area contributed by atoms with Crippen molar-refractivity contribution in [3.8, 4) is 28.0 Å². The molecule has 4 rings (SSSR count). The van der Waals surface area contributed by atoms with Crippen LogP contribution >= 0.6 is 0 Å². The Kier molecular flexibility index (Phi) is 17.4. The van der Waals surface area contributed by atoms with Gasteiger partial charge in [-0.3, -0.25) is 0 Å². The highest BCUT2D eigenvalue weighted by molar-refractivity contribution is 5.87. The van der Waals surface area contributed by atoms with Crippen LogP contribution in [-0.4, -0.2) is 55.2 Å². The first kappa shape index (κ1) is 44.5. The first-order valence-corrected chi connectivity index (χ1v) is 20.8. The summed E-state index contributed by atoms with van der Waals surface area (Å²) in [4.78, 5) is 24.3.